The van der Waals surface area contributed by atoms with Gasteiger partial charge >= 0.3 is 0 Å². The Hall–Kier alpha value is -1.06. The second-order valence-corrected chi connectivity index (χ2v) is 8.16. The first-order chi connectivity index (χ1) is 10.8. The molecule has 0 aliphatic heterocycles. The molecule has 0 aromatic heterocycles. The van der Waals surface area contributed by atoms with E-state index in [0.29, 0.717) is 23.9 Å². The van der Waals surface area contributed by atoms with Gasteiger partial charge in [-0.25, -0.2) is 0 Å². The molecule has 4 heteroatoms. The maximum absolute atomic E-state index is 11.3. The number of amides is 2. The fourth-order valence-corrected chi connectivity index (χ4v) is 4.87. The number of carbonyl (C=O) groups is 2. The van der Waals surface area contributed by atoms with Gasteiger partial charge in [0, 0.05) is 25.9 Å². The average molecular weight is 322 g/mol. The molecule has 2 amide bonds. The molecule has 0 saturated heterocycles. The van der Waals surface area contributed by atoms with Crippen molar-refractivity contribution in [3.63, 3.8) is 0 Å². The fraction of sp³-hybridized carbons (Fsp3) is 0.895. The number of hydrogen-bond donors (Lipinski definition) is 2. The Morgan fingerprint density at radius 3 is 1.48 bits per heavy atom. The Kier molecular flexibility index (Phi) is 6.49. The second kappa shape index (κ2) is 8.16. The van der Waals surface area contributed by atoms with Gasteiger partial charge in [0.2, 0.25) is 11.8 Å². The first-order valence-corrected chi connectivity index (χ1v) is 9.39. The molecule has 0 radical (unpaired) electrons. The largest absolute Gasteiger partial charge is 0.353 e. The molecule has 2 saturated carbocycles. The molecule has 0 heterocycles. The summed E-state index contributed by atoms with van der Waals surface area (Å²) in [6.07, 6.45) is 8.55. The van der Waals surface area contributed by atoms with Gasteiger partial charge < -0.3 is 10.6 Å². The highest BCUT2D eigenvalue weighted by molar-refractivity contribution is 5.73. The number of rotatable bonds is 4. The zero-order valence-corrected chi connectivity index (χ0v) is 15.2. The van der Waals surface area contributed by atoms with Crippen LogP contribution in [-0.2, 0) is 9.59 Å². The monoisotopic (exact) mass is 322 g/mol. The normalized spacial score (nSPS) is 37.9. The third-order valence-electron chi connectivity index (χ3n) is 6.00. The van der Waals surface area contributed by atoms with Gasteiger partial charge in [0.15, 0.2) is 0 Å². The van der Waals surface area contributed by atoms with Gasteiger partial charge in [-0.1, -0.05) is 13.8 Å². The molecule has 23 heavy (non-hydrogen) atoms. The van der Waals surface area contributed by atoms with Crippen LogP contribution in [-0.4, -0.2) is 23.9 Å². The second-order valence-electron chi connectivity index (χ2n) is 8.16. The van der Waals surface area contributed by atoms with Gasteiger partial charge in [0.25, 0.3) is 0 Å². The van der Waals surface area contributed by atoms with E-state index in [0.717, 1.165) is 24.7 Å². The van der Waals surface area contributed by atoms with Crippen LogP contribution in [0.15, 0.2) is 0 Å². The summed E-state index contributed by atoms with van der Waals surface area (Å²) in [5.41, 5.74) is 0. The highest BCUT2D eigenvalue weighted by Crippen LogP contribution is 2.38. The summed E-state index contributed by atoms with van der Waals surface area (Å²) in [6, 6.07) is 0.747. The number of carbonyl (C=O) groups excluding carboxylic acids is 2. The summed E-state index contributed by atoms with van der Waals surface area (Å²) in [5, 5.41) is 6.22. The molecule has 132 valence electrons. The average Bonchev–Trinajstić information content (AvgIpc) is 2.44. The van der Waals surface area contributed by atoms with E-state index in [2.05, 4.69) is 24.5 Å². The molecule has 0 unspecified atom stereocenters. The SMILES string of the molecule is CC(=O)N[C@H]1CC[C@@H](C[C@H]2CC[C@@H](NC(C)=O)[C@@H](C)C2)C[C@@H]1C. The minimum absolute atomic E-state index is 0.102. The van der Waals surface area contributed by atoms with Crippen LogP contribution in [0, 0.1) is 23.7 Å². The Balaban J connectivity index is 1.76. The third-order valence-corrected chi connectivity index (χ3v) is 6.00. The highest BCUT2D eigenvalue weighted by atomic mass is 16.2. The molecule has 2 rings (SSSR count). The Morgan fingerprint density at radius 2 is 1.17 bits per heavy atom. The molecule has 2 N–H and O–H groups in total. The molecule has 0 bridgehead atoms. The maximum Gasteiger partial charge on any atom is 0.217 e. The fourth-order valence-electron chi connectivity index (χ4n) is 4.87. The van der Waals surface area contributed by atoms with E-state index in [4.69, 9.17) is 0 Å². The van der Waals surface area contributed by atoms with Crippen molar-refractivity contribution in [1.82, 2.24) is 10.6 Å². The minimum Gasteiger partial charge on any atom is -0.353 e. The Bertz CT molecular complexity index is 386. The van der Waals surface area contributed by atoms with Gasteiger partial charge in [-0.2, -0.15) is 0 Å². The zero-order valence-electron chi connectivity index (χ0n) is 15.2. The first kappa shape index (κ1) is 18.3. The minimum atomic E-state index is 0.102. The van der Waals surface area contributed by atoms with Crippen molar-refractivity contribution in [3.8, 4) is 0 Å². The molecular formula is C19H34N2O2. The van der Waals surface area contributed by atoms with E-state index < -0.39 is 0 Å². The molecule has 4 nitrogen and oxygen atoms in total. The smallest absolute Gasteiger partial charge is 0.217 e. The third kappa shape index (κ3) is 5.50. The van der Waals surface area contributed by atoms with Gasteiger partial charge in [-0.15, -0.1) is 0 Å². The highest BCUT2D eigenvalue weighted by Gasteiger charge is 2.33. The van der Waals surface area contributed by atoms with Crippen molar-refractivity contribution >= 4 is 11.8 Å². The van der Waals surface area contributed by atoms with Crippen LogP contribution in [0.4, 0.5) is 0 Å². The lowest BCUT2D eigenvalue weighted by atomic mass is 9.70. The topological polar surface area (TPSA) is 58.2 Å². The lowest BCUT2D eigenvalue weighted by Gasteiger charge is -2.39. The molecule has 0 aromatic carbocycles. The summed E-state index contributed by atoms with van der Waals surface area (Å²) in [5.74, 6) is 3.00. The van der Waals surface area contributed by atoms with Crippen LogP contribution in [0.5, 0.6) is 0 Å². The van der Waals surface area contributed by atoms with E-state index in [1.807, 2.05) is 0 Å². The molecule has 0 aromatic rings. The molecule has 6 atom stereocenters. The van der Waals surface area contributed by atoms with Crippen molar-refractivity contribution in [3.05, 3.63) is 0 Å². The Morgan fingerprint density at radius 1 is 0.783 bits per heavy atom. The maximum atomic E-state index is 11.3. The van der Waals surface area contributed by atoms with Crippen LogP contribution in [0.2, 0.25) is 0 Å². The quantitative estimate of drug-likeness (QED) is 0.834. The van der Waals surface area contributed by atoms with Gasteiger partial charge in [-0.3, -0.25) is 9.59 Å². The summed E-state index contributed by atoms with van der Waals surface area (Å²) < 4.78 is 0. The summed E-state index contributed by atoms with van der Waals surface area (Å²) in [7, 11) is 0. The number of hydrogen-bond acceptors (Lipinski definition) is 2. The van der Waals surface area contributed by atoms with Crippen LogP contribution in [0.1, 0.15) is 72.6 Å². The standard InChI is InChI=1S/C19H34N2O2/c1-12-9-16(5-7-18(12)20-14(3)22)11-17-6-8-19(13(2)10-17)21-15(4)23/h12-13,16-19H,5-11H2,1-4H3,(H,20,22)(H,21,23)/t12-,13-,16-,17+,18+,19-/m0/s1. The van der Waals surface area contributed by atoms with Crippen LogP contribution >= 0.6 is 0 Å². The van der Waals surface area contributed by atoms with Crippen molar-refractivity contribution in [2.24, 2.45) is 23.7 Å². The van der Waals surface area contributed by atoms with Gasteiger partial charge in [0.1, 0.15) is 0 Å². The number of nitrogens with one attached hydrogen (secondary N) is 2. The zero-order chi connectivity index (χ0) is 17.0. The molecule has 2 fully saturated rings. The van der Waals surface area contributed by atoms with Crippen LogP contribution in [0.25, 0.3) is 0 Å². The predicted octanol–water partition coefficient (Wildman–Crippen LogP) is 3.26. The van der Waals surface area contributed by atoms with E-state index >= 15 is 0 Å². The van der Waals surface area contributed by atoms with E-state index in [1.165, 1.54) is 32.1 Å². The lowest BCUT2D eigenvalue weighted by molar-refractivity contribution is -0.121. The molecular weight excluding hydrogens is 288 g/mol. The molecule has 0 spiro atoms. The van der Waals surface area contributed by atoms with E-state index in [9.17, 15) is 9.59 Å². The first-order valence-electron chi connectivity index (χ1n) is 9.39. The van der Waals surface area contributed by atoms with Crippen LogP contribution in [0.3, 0.4) is 0 Å². The summed E-state index contributed by atoms with van der Waals surface area (Å²) >= 11 is 0. The van der Waals surface area contributed by atoms with Crippen molar-refractivity contribution in [2.75, 3.05) is 0 Å². The summed E-state index contributed by atoms with van der Waals surface area (Å²) in [4.78, 5) is 22.5. The molecule has 2 aliphatic carbocycles. The predicted molar refractivity (Wildman–Crippen MR) is 92.8 cm³/mol. The van der Waals surface area contributed by atoms with Crippen molar-refractivity contribution < 1.29 is 9.59 Å². The summed E-state index contributed by atoms with van der Waals surface area (Å²) in [6.45, 7) is 7.80. The van der Waals surface area contributed by atoms with E-state index in [-0.39, 0.29) is 11.8 Å². The van der Waals surface area contributed by atoms with E-state index in [1.54, 1.807) is 13.8 Å². The lowest BCUT2D eigenvalue weighted by Crippen LogP contribution is -2.43. The van der Waals surface area contributed by atoms with Gasteiger partial charge in [0.05, 0.1) is 0 Å². The van der Waals surface area contributed by atoms with Crippen LogP contribution < -0.4 is 10.6 Å². The van der Waals surface area contributed by atoms with Crippen molar-refractivity contribution in [1.29, 1.82) is 0 Å². The Labute approximate surface area is 141 Å². The van der Waals surface area contributed by atoms with Crippen molar-refractivity contribution in [2.45, 2.75) is 84.7 Å². The molecule has 2 aliphatic rings. The van der Waals surface area contributed by atoms with Gasteiger partial charge in [-0.05, 0) is 68.6 Å².